The van der Waals surface area contributed by atoms with Gasteiger partial charge < -0.3 is 5.11 Å². The van der Waals surface area contributed by atoms with E-state index in [1.165, 1.54) is 0 Å². The topological polar surface area (TPSA) is 32.3 Å². The van der Waals surface area contributed by atoms with E-state index in [1.807, 2.05) is 13.8 Å². The van der Waals surface area contributed by atoms with Crippen LogP contribution in [0.15, 0.2) is 0 Å². The summed E-state index contributed by atoms with van der Waals surface area (Å²) in [6, 6.07) is 0.354. The second-order valence-electron chi connectivity index (χ2n) is 4.60. The molecule has 0 aliphatic heterocycles. The highest BCUT2D eigenvalue weighted by atomic mass is 16.3. The fourth-order valence-electron chi connectivity index (χ4n) is 1.02. The molecule has 0 spiro atoms. The van der Waals surface area contributed by atoms with E-state index in [2.05, 4.69) is 26.1 Å². The lowest BCUT2D eigenvalue weighted by Crippen LogP contribution is -2.37. The van der Waals surface area contributed by atoms with Crippen LogP contribution in [0, 0.1) is 5.41 Å². The molecule has 0 aromatic carbocycles. The van der Waals surface area contributed by atoms with Crippen LogP contribution in [-0.2, 0) is 0 Å². The number of hydrogen-bond acceptors (Lipinski definition) is 2. The van der Waals surface area contributed by atoms with Gasteiger partial charge in [-0.15, -0.1) is 0 Å². The van der Waals surface area contributed by atoms with Crippen molar-refractivity contribution in [2.45, 2.75) is 53.3 Å². The Hall–Kier alpha value is -0.0800. The van der Waals surface area contributed by atoms with Gasteiger partial charge in [0.25, 0.3) is 0 Å². The van der Waals surface area contributed by atoms with Crippen molar-refractivity contribution in [3.8, 4) is 0 Å². The minimum Gasteiger partial charge on any atom is -0.379 e. The summed E-state index contributed by atoms with van der Waals surface area (Å²) in [6.45, 7) is 10.4. The van der Waals surface area contributed by atoms with Gasteiger partial charge in [-0.05, 0) is 25.7 Å². The van der Waals surface area contributed by atoms with E-state index in [1.54, 1.807) is 0 Å². The second-order valence-corrected chi connectivity index (χ2v) is 4.60. The van der Waals surface area contributed by atoms with Gasteiger partial charge >= 0.3 is 0 Å². The summed E-state index contributed by atoms with van der Waals surface area (Å²) in [5, 5.41) is 12.5. The number of hydrogen-bond donors (Lipinski definition) is 2. The van der Waals surface area contributed by atoms with Crippen molar-refractivity contribution in [1.82, 2.24) is 5.32 Å². The van der Waals surface area contributed by atoms with Gasteiger partial charge in [0, 0.05) is 6.04 Å². The third-order valence-electron chi connectivity index (χ3n) is 1.33. The fraction of sp³-hybridized carbons (Fsp3) is 1.00. The van der Waals surface area contributed by atoms with Gasteiger partial charge in [-0.3, -0.25) is 5.32 Å². The highest BCUT2D eigenvalue weighted by Crippen LogP contribution is 2.19. The van der Waals surface area contributed by atoms with Gasteiger partial charge in [-0.2, -0.15) is 0 Å². The van der Waals surface area contributed by atoms with Gasteiger partial charge in [0.1, 0.15) is 6.23 Å². The zero-order valence-electron chi connectivity index (χ0n) is 8.31. The largest absolute Gasteiger partial charge is 0.379 e. The van der Waals surface area contributed by atoms with E-state index in [0.29, 0.717) is 6.04 Å². The molecule has 0 saturated carbocycles. The highest BCUT2D eigenvalue weighted by molar-refractivity contribution is 4.67. The molecule has 68 valence electrons. The Balaban J connectivity index is 3.61. The van der Waals surface area contributed by atoms with Crippen molar-refractivity contribution in [2.75, 3.05) is 0 Å². The summed E-state index contributed by atoms with van der Waals surface area (Å²) in [6.07, 6.45) is 0.431. The molecule has 2 heteroatoms. The fourth-order valence-corrected chi connectivity index (χ4v) is 1.02. The Labute approximate surface area is 70.0 Å². The molecule has 2 N–H and O–H groups in total. The van der Waals surface area contributed by atoms with Gasteiger partial charge in [0.05, 0.1) is 0 Å². The minimum absolute atomic E-state index is 0.196. The first-order valence-electron chi connectivity index (χ1n) is 4.25. The van der Waals surface area contributed by atoms with E-state index < -0.39 is 0 Å². The molecule has 0 radical (unpaired) electrons. The summed E-state index contributed by atoms with van der Waals surface area (Å²) >= 11 is 0. The average molecular weight is 159 g/mol. The lowest BCUT2D eigenvalue weighted by molar-refractivity contribution is 0.0824. The molecule has 1 unspecified atom stereocenters. The number of nitrogens with one attached hydrogen (secondary N) is 1. The first kappa shape index (κ1) is 10.9. The molecule has 0 aliphatic rings. The average Bonchev–Trinajstić information content (AvgIpc) is 1.53. The smallest absolute Gasteiger partial charge is 0.105 e. The Bertz CT molecular complexity index is 105. The van der Waals surface area contributed by atoms with Crippen molar-refractivity contribution >= 4 is 0 Å². The van der Waals surface area contributed by atoms with Gasteiger partial charge in [-0.25, -0.2) is 0 Å². The highest BCUT2D eigenvalue weighted by Gasteiger charge is 2.16. The molecule has 1 atom stereocenters. The van der Waals surface area contributed by atoms with E-state index in [-0.39, 0.29) is 11.6 Å². The predicted octanol–water partition coefficient (Wildman–Crippen LogP) is 1.74. The minimum atomic E-state index is -0.366. The van der Waals surface area contributed by atoms with Gasteiger partial charge in [-0.1, -0.05) is 20.8 Å². The van der Waals surface area contributed by atoms with Crippen LogP contribution >= 0.6 is 0 Å². The first-order valence-corrected chi connectivity index (χ1v) is 4.25. The lowest BCUT2D eigenvalue weighted by Gasteiger charge is -2.24. The summed E-state index contributed by atoms with van der Waals surface area (Å²) in [5.41, 5.74) is 0.196. The Morgan fingerprint density at radius 1 is 1.27 bits per heavy atom. The summed E-state index contributed by atoms with van der Waals surface area (Å²) in [4.78, 5) is 0. The Morgan fingerprint density at radius 3 is 2.00 bits per heavy atom. The van der Waals surface area contributed by atoms with E-state index in [4.69, 9.17) is 0 Å². The molecule has 0 rings (SSSR count). The second kappa shape index (κ2) is 4.07. The molecule has 0 aromatic heterocycles. The monoisotopic (exact) mass is 159 g/mol. The molecule has 2 nitrogen and oxygen atoms in total. The Morgan fingerprint density at radius 2 is 1.73 bits per heavy atom. The zero-order chi connectivity index (χ0) is 9.07. The zero-order valence-corrected chi connectivity index (χ0v) is 8.31. The quantitative estimate of drug-likeness (QED) is 0.615. The van der Waals surface area contributed by atoms with Crippen molar-refractivity contribution < 1.29 is 5.11 Å². The van der Waals surface area contributed by atoms with Crippen molar-refractivity contribution in [3.63, 3.8) is 0 Å². The first-order chi connectivity index (χ1) is 4.81. The van der Waals surface area contributed by atoms with Crippen LogP contribution in [0.1, 0.15) is 41.0 Å². The molecule has 0 heterocycles. The molecular weight excluding hydrogens is 138 g/mol. The maximum Gasteiger partial charge on any atom is 0.105 e. The third-order valence-corrected chi connectivity index (χ3v) is 1.33. The molecule has 0 aromatic rings. The molecule has 0 aliphatic carbocycles. The molecular formula is C9H21NO. The molecule has 0 amide bonds. The maximum atomic E-state index is 9.44. The van der Waals surface area contributed by atoms with E-state index in [0.717, 1.165) is 6.42 Å². The summed E-state index contributed by atoms with van der Waals surface area (Å²) < 4.78 is 0. The van der Waals surface area contributed by atoms with Crippen molar-refractivity contribution in [2.24, 2.45) is 5.41 Å². The predicted molar refractivity (Wildman–Crippen MR) is 48.4 cm³/mol. The van der Waals surface area contributed by atoms with Crippen LogP contribution in [0.2, 0.25) is 0 Å². The maximum absolute atomic E-state index is 9.44. The van der Waals surface area contributed by atoms with Crippen LogP contribution in [0.5, 0.6) is 0 Å². The molecule has 0 fully saturated rings. The third kappa shape index (κ3) is 7.82. The van der Waals surface area contributed by atoms with Gasteiger partial charge in [0.15, 0.2) is 0 Å². The van der Waals surface area contributed by atoms with Crippen LogP contribution in [0.4, 0.5) is 0 Å². The SMILES string of the molecule is CC(C)NC(O)CC(C)(C)C. The number of aliphatic hydroxyl groups excluding tert-OH is 1. The van der Waals surface area contributed by atoms with E-state index in [9.17, 15) is 5.11 Å². The van der Waals surface area contributed by atoms with Crippen LogP contribution in [0.3, 0.4) is 0 Å². The van der Waals surface area contributed by atoms with E-state index >= 15 is 0 Å². The summed E-state index contributed by atoms with van der Waals surface area (Å²) in [5.74, 6) is 0. The molecule has 0 saturated heterocycles. The number of rotatable bonds is 3. The molecule has 0 bridgehead atoms. The summed E-state index contributed by atoms with van der Waals surface area (Å²) in [7, 11) is 0. The normalized spacial score (nSPS) is 15.5. The van der Waals surface area contributed by atoms with Crippen molar-refractivity contribution in [1.29, 1.82) is 0 Å². The number of aliphatic hydroxyl groups is 1. The molecule has 11 heavy (non-hydrogen) atoms. The lowest BCUT2D eigenvalue weighted by atomic mass is 9.91. The van der Waals surface area contributed by atoms with Gasteiger partial charge in [0.2, 0.25) is 0 Å². The van der Waals surface area contributed by atoms with Crippen LogP contribution < -0.4 is 5.32 Å². The van der Waals surface area contributed by atoms with Crippen LogP contribution in [-0.4, -0.2) is 17.4 Å². The van der Waals surface area contributed by atoms with Crippen molar-refractivity contribution in [3.05, 3.63) is 0 Å². The standard InChI is InChI=1S/C9H21NO/c1-7(2)10-8(11)6-9(3,4)5/h7-8,10-11H,6H2,1-5H3. The van der Waals surface area contributed by atoms with Crippen LogP contribution in [0.25, 0.3) is 0 Å². The Kier molecular flexibility index (Phi) is 4.04.